The van der Waals surface area contributed by atoms with E-state index in [4.69, 9.17) is 5.11 Å². The van der Waals surface area contributed by atoms with E-state index >= 15 is 0 Å². The molecular weight excluding hydrogens is 246 g/mol. The molecule has 1 aliphatic heterocycles. The van der Waals surface area contributed by atoms with Crippen molar-refractivity contribution in [3.8, 4) is 0 Å². The van der Waals surface area contributed by atoms with E-state index in [1.807, 2.05) is 0 Å². The number of sulfonamides is 1. The molecule has 0 aliphatic carbocycles. The van der Waals surface area contributed by atoms with E-state index in [0.29, 0.717) is 13.1 Å². The number of carboxylic acids is 1. The van der Waals surface area contributed by atoms with Gasteiger partial charge in [-0.15, -0.1) is 0 Å². The number of carbonyl (C=O) groups is 1. The number of rotatable bonds is 3. The molecule has 1 fully saturated rings. The van der Waals surface area contributed by atoms with Gasteiger partial charge in [-0.1, -0.05) is 0 Å². The maximum atomic E-state index is 12.2. The molecule has 0 spiro atoms. The van der Waals surface area contributed by atoms with E-state index < -0.39 is 21.7 Å². The van der Waals surface area contributed by atoms with E-state index in [1.54, 1.807) is 0 Å². The molecule has 7 nitrogen and oxygen atoms in total. The SMILES string of the molecule is Cc1[nH]nc(C(=O)O)c1S(=O)(=O)N1CCCC1. The minimum atomic E-state index is -3.74. The van der Waals surface area contributed by atoms with Crippen LogP contribution in [0.2, 0.25) is 0 Å². The largest absolute Gasteiger partial charge is 0.476 e. The van der Waals surface area contributed by atoms with Gasteiger partial charge in [0.1, 0.15) is 4.90 Å². The first kappa shape index (κ1) is 12.1. The Balaban J connectivity index is 2.52. The van der Waals surface area contributed by atoms with Crippen LogP contribution in [0.4, 0.5) is 0 Å². The highest BCUT2D eigenvalue weighted by Crippen LogP contribution is 2.25. The summed E-state index contributed by atoms with van der Waals surface area (Å²) in [6, 6.07) is 0. The van der Waals surface area contributed by atoms with Gasteiger partial charge in [-0.3, -0.25) is 5.10 Å². The van der Waals surface area contributed by atoms with Crippen LogP contribution in [0.25, 0.3) is 0 Å². The molecule has 0 aromatic carbocycles. The summed E-state index contributed by atoms with van der Waals surface area (Å²) in [7, 11) is -3.74. The molecule has 2 rings (SSSR count). The molecular formula is C9H13N3O4S. The summed E-state index contributed by atoms with van der Waals surface area (Å²) < 4.78 is 25.8. The number of aromatic amines is 1. The fourth-order valence-corrected chi connectivity index (χ4v) is 3.74. The summed E-state index contributed by atoms with van der Waals surface area (Å²) in [6.45, 7) is 2.38. The molecule has 2 N–H and O–H groups in total. The minimum absolute atomic E-state index is 0.216. The summed E-state index contributed by atoms with van der Waals surface area (Å²) in [4.78, 5) is 10.7. The molecule has 94 valence electrons. The number of hydrogen-bond acceptors (Lipinski definition) is 4. The molecule has 1 aliphatic rings. The zero-order valence-electron chi connectivity index (χ0n) is 9.30. The van der Waals surface area contributed by atoms with Crippen molar-refractivity contribution in [3.05, 3.63) is 11.4 Å². The molecule has 0 atom stereocenters. The lowest BCUT2D eigenvalue weighted by molar-refractivity contribution is 0.0686. The van der Waals surface area contributed by atoms with Gasteiger partial charge in [0, 0.05) is 13.1 Å². The van der Waals surface area contributed by atoms with Gasteiger partial charge in [0.2, 0.25) is 10.0 Å². The highest BCUT2D eigenvalue weighted by molar-refractivity contribution is 7.89. The van der Waals surface area contributed by atoms with Crippen molar-refractivity contribution in [2.24, 2.45) is 0 Å². The zero-order valence-corrected chi connectivity index (χ0v) is 10.1. The van der Waals surface area contributed by atoms with Crippen molar-refractivity contribution < 1.29 is 18.3 Å². The fourth-order valence-electron chi connectivity index (χ4n) is 1.94. The van der Waals surface area contributed by atoms with Gasteiger partial charge in [0.15, 0.2) is 5.69 Å². The lowest BCUT2D eigenvalue weighted by atomic mass is 10.4. The van der Waals surface area contributed by atoms with Crippen LogP contribution in [0.5, 0.6) is 0 Å². The number of nitrogens with zero attached hydrogens (tertiary/aromatic N) is 2. The van der Waals surface area contributed by atoms with Gasteiger partial charge >= 0.3 is 5.97 Å². The molecule has 1 aromatic heterocycles. The van der Waals surface area contributed by atoms with Gasteiger partial charge in [-0.25, -0.2) is 13.2 Å². The van der Waals surface area contributed by atoms with Gasteiger partial charge < -0.3 is 5.11 Å². The van der Waals surface area contributed by atoms with Gasteiger partial charge in [0.25, 0.3) is 0 Å². The van der Waals surface area contributed by atoms with Crippen LogP contribution in [0, 0.1) is 6.92 Å². The van der Waals surface area contributed by atoms with Gasteiger partial charge in [-0.05, 0) is 19.8 Å². The summed E-state index contributed by atoms with van der Waals surface area (Å²) in [6.07, 6.45) is 1.61. The van der Waals surface area contributed by atoms with Crippen LogP contribution in [-0.2, 0) is 10.0 Å². The smallest absolute Gasteiger partial charge is 0.357 e. The van der Waals surface area contributed by atoms with Crippen LogP contribution in [0.1, 0.15) is 29.0 Å². The van der Waals surface area contributed by atoms with E-state index in [2.05, 4.69) is 10.2 Å². The lowest BCUT2D eigenvalue weighted by Crippen LogP contribution is -2.29. The molecule has 0 bridgehead atoms. The number of aromatic nitrogens is 2. The van der Waals surface area contributed by atoms with Crippen LogP contribution >= 0.6 is 0 Å². The van der Waals surface area contributed by atoms with Crippen molar-refractivity contribution in [2.45, 2.75) is 24.7 Å². The maximum Gasteiger partial charge on any atom is 0.357 e. The van der Waals surface area contributed by atoms with Crippen molar-refractivity contribution in [1.82, 2.24) is 14.5 Å². The predicted octanol–water partition coefficient (Wildman–Crippen LogP) is 0.201. The first-order valence-corrected chi connectivity index (χ1v) is 6.67. The molecule has 2 heterocycles. The van der Waals surface area contributed by atoms with Crippen LogP contribution < -0.4 is 0 Å². The Kier molecular flexibility index (Phi) is 2.92. The Morgan fingerprint density at radius 3 is 2.53 bits per heavy atom. The Morgan fingerprint density at radius 2 is 2.00 bits per heavy atom. The Hall–Kier alpha value is -1.41. The third-order valence-corrected chi connectivity index (χ3v) is 4.82. The van der Waals surface area contributed by atoms with Gasteiger partial charge in [0.05, 0.1) is 5.69 Å². The quantitative estimate of drug-likeness (QED) is 0.807. The number of carboxylic acid groups (broad SMARTS) is 1. The van der Waals surface area contributed by atoms with Crippen LogP contribution in [-0.4, -0.2) is 47.1 Å². The molecule has 0 unspecified atom stereocenters. The summed E-state index contributed by atoms with van der Waals surface area (Å²) in [5.41, 5.74) is -0.177. The topological polar surface area (TPSA) is 103 Å². The lowest BCUT2D eigenvalue weighted by Gasteiger charge is -2.15. The first-order valence-electron chi connectivity index (χ1n) is 5.23. The molecule has 8 heteroatoms. The fraction of sp³-hybridized carbons (Fsp3) is 0.556. The van der Waals surface area contributed by atoms with E-state index in [0.717, 1.165) is 12.8 Å². The molecule has 0 amide bonds. The number of H-pyrrole nitrogens is 1. The van der Waals surface area contributed by atoms with Gasteiger partial charge in [-0.2, -0.15) is 9.40 Å². The number of aryl methyl sites for hydroxylation is 1. The average Bonchev–Trinajstić information content (AvgIpc) is 2.84. The third-order valence-electron chi connectivity index (χ3n) is 2.76. The Labute approximate surface area is 98.5 Å². The van der Waals surface area contributed by atoms with E-state index in [9.17, 15) is 13.2 Å². The minimum Gasteiger partial charge on any atom is -0.476 e. The summed E-state index contributed by atoms with van der Waals surface area (Å²) in [5.74, 6) is -1.34. The van der Waals surface area contributed by atoms with E-state index in [-0.39, 0.29) is 10.6 Å². The highest BCUT2D eigenvalue weighted by Gasteiger charge is 2.34. The van der Waals surface area contributed by atoms with Crippen molar-refractivity contribution >= 4 is 16.0 Å². The molecule has 17 heavy (non-hydrogen) atoms. The van der Waals surface area contributed by atoms with Crippen molar-refractivity contribution in [1.29, 1.82) is 0 Å². The van der Waals surface area contributed by atoms with Crippen molar-refractivity contribution in [2.75, 3.05) is 13.1 Å². The second-order valence-corrected chi connectivity index (χ2v) is 5.82. The number of aromatic carboxylic acids is 1. The first-order chi connectivity index (χ1) is 7.94. The number of hydrogen-bond donors (Lipinski definition) is 2. The average molecular weight is 259 g/mol. The normalized spacial score (nSPS) is 17.5. The predicted molar refractivity (Wildman–Crippen MR) is 58.3 cm³/mol. The summed E-state index contributed by atoms with van der Waals surface area (Å²) in [5, 5.41) is 14.9. The highest BCUT2D eigenvalue weighted by atomic mass is 32.2. The third kappa shape index (κ3) is 1.93. The molecule has 1 saturated heterocycles. The van der Waals surface area contributed by atoms with Crippen LogP contribution in [0.3, 0.4) is 0 Å². The Morgan fingerprint density at radius 1 is 1.41 bits per heavy atom. The Bertz CT molecular complexity index is 543. The second kappa shape index (κ2) is 4.11. The molecule has 0 radical (unpaired) electrons. The zero-order chi connectivity index (χ0) is 12.6. The van der Waals surface area contributed by atoms with E-state index in [1.165, 1.54) is 11.2 Å². The van der Waals surface area contributed by atoms with Crippen molar-refractivity contribution in [3.63, 3.8) is 0 Å². The van der Waals surface area contributed by atoms with Crippen LogP contribution in [0.15, 0.2) is 4.90 Å². The standard InChI is InChI=1S/C9H13N3O4S/c1-6-8(7(9(13)14)11-10-6)17(15,16)12-4-2-3-5-12/h2-5H2,1H3,(H,10,11)(H,13,14). The summed E-state index contributed by atoms with van der Waals surface area (Å²) >= 11 is 0. The monoisotopic (exact) mass is 259 g/mol. The number of nitrogens with one attached hydrogen (secondary N) is 1. The maximum absolute atomic E-state index is 12.2. The molecule has 1 aromatic rings. The molecule has 0 saturated carbocycles. The second-order valence-electron chi connectivity index (χ2n) is 3.94.